The Balaban J connectivity index is 2.07. The molecule has 1 aliphatic carbocycles. The van der Waals surface area contributed by atoms with Gasteiger partial charge in [0.2, 0.25) is 0 Å². The first-order valence-electron chi connectivity index (χ1n) is 9.60. The van der Waals surface area contributed by atoms with Crippen LogP contribution in [0, 0.1) is 11.8 Å². The fraction of sp³-hybridized carbons (Fsp3) is 0.842. The van der Waals surface area contributed by atoms with E-state index >= 15 is 0 Å². The van der Waals surface area contributed by atoms with Crippen molar-refractivity contribution in [3.8, 4) is 0 Å². The molecule has 0 radical (unpaired) electrons. The number of aliphatic hydroxyl groups is 4. The van der Waals surface area contributed by atoms with Gasteiger partial charge in [-0.05, 0) is 37.5 Å². The highest BCUT2D eigenvalue weighted by Gasteiger charge is 2.47. The number of hydrogen-bond donors (Lipinski definition) is 4. The van der Waals surface area contributed by atoms with Crippen LogP contribution in [-0.4, -0.2) is 76.9 Å². The van der Waals surface area contributed by atoms with Gasteiger partial charge in [0, 0.05) is 6.42 Å². The van der Waals surface area contributed by atoms with E-state index < -0.39 is 37.3 Å². The summed E-state index contributed by atoms with van der Waals surface area (Å²) in [5.41, 5.74) is 0. The molecule has 27 heavy (non-hydrogen) atoms. The Hall–Kier alpha value is -1.03. The van der Waals surface area contributed by atoms with Crippen LogP contribution in [0.25, 0.3) is 0 Å². The largest absolute Gasteiger partial charge is 0.469 e. The van der Waals surface area contributed by atoms with Gasteiger partial charge in [-0.2, -0.15) is 0 Å². The second-order valence-electron chi connectivity index (χ2n) is 7.27. The molecular weight excluding hydrogens is 356 g/mol. The van der Waals surface area contributed by atoms with Gasteiger partial charge in [0.15, 0.2) is 6.29 Å². The summed E-state index contributed by atoms with van der Waals surface area (Å²) in [6.45, 7) is 1.54. The Morgan fingerprint density at radius 1 is 1.15 bits per heavy atom. The molecule has 2 aliphatic rings. The normalized spacial score (nSPS) is 39.8. The first-order chi connectivity index (χ1) is 12.9. The van der Waals surface area contributed by atoms with Gasteiger partial charge < -0.3 is 34.6 Å². The van der Waals surface area contributed by atoms with Crippen LogP contribution in [0.3, 0.4) is 0 Å². The number of ether oxygens (including phenoxy) is 3. The maximum absolute atomic E-state index is 11.7. The van der Waals surface area contributed by atoms with Crippen LogP contribution in [0.2, 0.25) is 0 Å². The predicted molar refractivity (Wildman–Crippen MR) is 95.5 cm³/mol. The van der Waals surface area contributed by atoms with E-state index in [4.69, 9.17) is 14.2 Å². The van der Waals surface area contributed by atoms with E-state index in [1.54, 1.807) is 0 Å². The number of esters is 1. The van der Waals surface area contributed by atoms with Gasteiger partial charge in [0.25, 0.3) is 0 Å². The summed E-state index contributed by atoms with van der Waals surface area (Å²) in [5, 5.41) is 39.3. The van der Waals surface area contributed by atoms with Crippen molar-refractivity contribution < 1.29 is 39.4 Å². The quantitative estimate of drug-likeness (QED) is 0.341. The molecule has 0 spiro atoms. The molecule has 0 aromatic carbocycles. The van der Waals surface area contributed by atoms with E-state index in [-0.39, 0.29) is 23.9 Å². The molecule has 1 saturated carbocycles. The highest BCUT2D eigenvalue weighted by Crippen LogP contribution is 2.40. The fourth-order valence-corrected chi connectivity index (χ4v) is 3.95. The first-order valence-corrected chi connectivity index (χ1v) is 9.60. The molecule has 156 valence electrons. The van der Waals surface area contributed by atoms with E-state index in [1.807, 2.05) is 6.92 Å². The smallest absolute Gasteiger partial charge is 0.305 e. The van der Waals surface area contributed by atoms with E-state index in [1.165, 1.54) is 7.11 Å². The summed E-state index contributed by atoms with van der Waals surface area (Å²) < 4.78 is 16.2. The third kappa shape index (κ3) is 5.49. The van der Waals surface area contributed by atoms with Crippen molar-refractivity contribution in [2.24, 2.45) is 11.8 Å². The van der Waals surface area contributed by atoms with Crippen molar-refractivity contribution in [3.05, 3.63) is 12.2 Å². The van der Waals surface area contributed by atoms with Crippen molar-refractivity contribution in [1.29, 1.82) is 0 Å². The minimum absolute atomic E-state index is 0.0410. The Bertz CT molecular complexity index is 494. The summed E-state index contributed by atoms with van der Waals surface area (Å²) in [6.07, 6.45) is 0.775. The fourth-order valence-electron chi connectivity index (χ4n) is 3.95. The van der Waals surface area contributed by atoms with Crippen LogP contribution in [-0.2, 0) is 19.0 Å². The molecule has 8 nitrogen and oxygen atoms in total. The second kappa shape index (κ2) is 10.5. The van der Waals surface area contributed by atoms with Gasteiger partial charge in [0.1, 0.15) is 24.4 Å². The second-order valence-corrected chi connectivity index (χ2v) is 7.27. The molecule has 0 bridgehead atoms. The third-order valence-corrected chi connectivity index (χ3v) is 5.53. The van der Waals surface area contributed by atoms with Crippen LogP contribution in [0.1, 0.15) is 39.0 Å². The summed E-state index contributed by atoms with van der Waals surface area (Å²) in [4.78, 5) is 11.7. The lowest BCUT2D eigenvalue weighted by atomic mass is 9.88. The number of aliphatic hydroxyl groups excluding tert-OH is 4. The predicted octanol–water partition coefficient (Wildman–Crippen LogP) is 0.117. The summed E-state index contributed by atoms with van der Waals surface area (Å²) in [6, 6.07) is 0. The van der Waals surface area contributed by atoms with Gasteiger partial charge in [-0.1, -0.05) is 19.1 Å². The molecule has 8 atom stereocenters. The Labute approximate surface area is 159 Å². The van der Waals surface area contributed by atoms with Gasteiger partial charge in [-0.25, -0.2) is 0 Å². The topological polar surface area (TPSA) is 126 Å². The Morgan fingerprint density at radius 2 is 1.89 bits per heavy atom. The molecule has 0 aromatic heterocycles. The number of rotatable bonds is 8. The highest BCUT2D eigenvalue weighted by molar-refractivity contribution is 5.69. The SMILES string of the molecule is CC/C=C\C[C@H]1[C@@H](CC(=O)OC)CC[C@@H]1O[C@@H]1O[C@H](CO)[C@@H](O)[C@H](O)[C@H]1O. The number of carbonyl (C=O) groups is 1. The molecule has 2 fully saturated rings. The summed E-state index contributed by atoms with van der Waals surface area (Å²) >= 11 is 0. The van der Waals surface area contributed by atoms with Crippen molar-refractivity contribution in [2.75, 3.05) is 13.7 Å². The van der Waals surface area contributed by atoms with Crippen molar-refractivity contribution in [3.63, 3.8) is 0 Å². The van der Waals surface area contributed by atoms with Crippen LogP contribution < -0.4 is 0 Å². The zero-order valence-corrected chi connectivity index (χ0v) is 15.9. The standard InChI is InChI=1S/C19H32O8/c1-3-4-5-6-12-11(9-15(21)25-2)7-8-13(12)26-19-18(24)17(23)16(22)14(10-20)27-19/h4-5,11-14,16-20,22-24H,3,6-10H2,1-2H3/b5-4-/t11-,12+,13+,14-,16-,17+,18-,19-/m1/s1. The monoisotopic (exact) mass is 388 g/mol. The van der Waals surface area contributed by atoms with Crippen LogP contribution in [0.5, 0.6) is 0 Å². The molecule has 2 rings (SSSR count). The van der Waals surface area contributed by atoms with Gasteiger partial charge in [-0.15, -0.1) is 0 Å². The minimum atomic E-state index is -1.47. The van der Waals surface area contributed by atoms with Gasteiger partial charge >= 0.3 is 5.97 Å². The summed E-state index contributed by atoms with van der Waals surface area (Å²) in [7, 11) is 1.37. The number of carbonyl (C=O) groups excluding carboxylic acids is 1. The molecule has 1 saturated heterocycles. The highest BCUT2D eigenvalue weighted by atomic mass is 16.7. The number of allylic oxidation sites excluding steroid dienone is 2. The maximum Gasteiger partial charge on any atom is 0.305 e. The average molecular weight is 388 g/mol. The first kappa shape index (κ1) is 22.3. The van der Waals surface area contributed by atoms with Crippen LogP contribution >= 0.6 is 0 Å². The van der Waals surface area contributed by atoms with Gasteiger partial charge in [-0.3, -0.25) is 4.79 Å². The molecular formula is C19H32O8. The molecule has 1 heterocycles. The minimum Gasteiger partial charge on any atom is -0.469 e. The van der Waals surface area contributed by atoms with Crippen LogP contribution in [0.15, 0.2) is 12.2 Å². The van der Waals surface area contributed by atoms with E-state index in [2.05, 4.69) is 12.2 Å². The zero-order chi connectivity index (χ0) is 20.0. The molecule has 8 heteroatoms. The molecule has 0 unspecified atom stereocenters. The Morgan fingerprint density at radius 3 is 2.52 bits per heavy atom. The van der Waals surface area contributed by atoms with Crippen LogP contribution in [0.4, 0.5) is 0 Å². The number of methoxy groups -OCH3 is 1. The molecule has 4 N–H and O–H groups in total. The molecule has 0 amide bonds. The van der Waals surface area contributed by atoms with Crippen molar-refractivity contribution in [1.82, 2.24) is 0 Å². The molecule has 1 aliphatic heterocycles. The average Bonchev–Trinajstić information content (AvgIpc) is 3.03. The van der Waals surface area contributed by atoms with Crippen molar-refractivity contribution in [2.45, 2.75) is 75.8 Å². The van der Waals surface area contributed by atoms with E-state index in [9.17, 15) is 25.2 Å². The lowest BCUT2D eigenvalue weighted by molar-refractivity contribution is -0.313. The lowest BCUT2D eigenvalue weighted by Crippen LogP contribution is -2.59. The van der Waals surface area contributed by atoms with Gasteiger partial charge in [0.05, 0.1) is 19.8 Å². The lowest BCUT2D eigenvalue weighted by Gasteiger charge is -2.41. The van der Waals surface area contributed by atoms with Crippen molar-refractivity contribution >= 4 is 5.97 Å². The van der Waals surface area contributed by atoms with E-state index in [0.717, 1.165) is 19.3 Å². The Kier molecular flexibility index (Phi) is 8.65. The third-order valence-electron chi connectivity index (χ3n) is 5.53. The zero-order valence-electron chi connectivity index (χ0n) is 15.9. The molecule has 0 aromatic rings. The maximum atomic E-state index is 11.7. The number of hydrogen-bond acceptors (Lipinski definition) is 8. The van der Waals surface area contributed by atoms with E-state index in [0.29, 0.717) is 12.8 Å². The summed E-state index contributed by atoms with van der Waals surface area (Å²) in [5.74, 6) is -0.133.